The lowest BCUT2D eigenvalue weighted by Gasteiger charge is -2.13. The Morgan fingerprint density at radius 1 is 1.14 bits per heavy atom. The predicted octanol–water partition coefficient (Wildman–Crippen LogP) is 4.83. The summed E-state index contributed by atoms with van der Waals surface area (Å²) in [6.07, 6.45) is -3.30. The van der Waals surface area contributed by atoms with Crippen LogP contribution in [0.3, 0.4) is 0 Å². The van der Waals surface area contributed by atoms with E-state index in [2.05, 4.69) is 10.4 Å². The van der Waals surface area contributed by atoms with E-state index in [0.29, 0.717) is 16.1 Å². The zero-order valence-electron chi connectivity index (χ0n) is 14.9. The number of carbonyl (C=O) groups excluding carboxylic acids is 1. The number of nitrogens with one attached hydrogen (secondary N) is 1. The lowest BCUT2D eigenvalue weighted by molar-refractivity contribution is -0.143. The Kier molecular flexibility index (Phi) is 5.74. The van der Waals surface area contributed by atoms with Crippen molar-refractivity contribution in [3.8, 4) is 5.69 Å². The first-order chi connectivity index (χ1) is 13.3. The van der Waals surface area contributed by atoms with Gasteiger partial charge in [0.2, 0.25) is 0 Å². The number of hydrogen-bond acceptors (Lipinski definition) is 2. The predicted molar refractivity (Wildman–Crippen MR) is 101 cm³/mol. The monoisotopic (exact) mass is 407 g/mol. The molecule has 2 aromatic carbocycles. The van der Waals surface area contributed by atoms with Gasteiger partial charge in [0.15, 0.2) is 5.69 Å². The van der Waals surface area contributed by atoms with Crippen LogP contribution in [0.2, 0.25) is 5.02 Å². The van der Waals surface area contributed by atoms with Crippen molar-refractivity contribution in [2.75, 3.05) is 6.54 Å². The summed E-state index contributed by atoms with van der Waals surface area (Å²) in [5.41, 5.74) is 0.602. The van der Waals surface area contributed by atoms with Gasteiger partial charge in [0.05, 0.1) is 17.4 Å². The maximum absolute atomic E-state index is 13.6. The molecule has 0 bridgehead atoms. The van der Waals surface area contributed by atoms with Crippen LogP contribution in [0, 0.1) is 6.92 Å². The highest BCUT2D eigenvalue weighted by atomic mass is 35.5. The van der Waals surface area contributed by atoms with E-state index in [9.17, 15) is 18.0 Å². The van der Waals surface area contributed by atoms with Crippen molar-refractivity contribution in [3.05, 3.63) is 82.1 Å². The van der Waals surface area contributed by atoms with E-state index in [1.165, 1.54) is 24.3 Å². The first-order valence-electron chi connectivity index (χ1n) is 8.51. The molecule has 0 aliphatic rings. The average molecular weight is 408 g/mol. The average Bonchev–Trinajstić information content (AvgIpc) is 3.09. The Morgan fingerprint density at radius 2 is 1.82 bits per heavy atom. The number of rotatable bonds is 5. The number of halogens is 4. The van der Waals surface area contributed by atoms with Crippen molar-refractivity contribution < 1.29 is 18.0 Å². The van der Waals surface area contributed by atoms with Crippen molar-refractivity contribution in [2.24, 2.45) is 0 Å². The first kappa shape index (κ1) is 19.9. The van der Waals surface area contributed by atoms with Gasteiger partial charge in [0.1, 0.15) is 0 Å². The molecule has 1 amide bonds. The number of benzene rings is 2. The second-order valence-electron chi connectivity index (χ2n) is 6.23. The molecule has 1 heterocycles. The Morgan fingerprint density at radius 3 is 2.46 bits per heavy atom. The summed E-state index contributed by atoms with van der Waals surface area (Å²) in [5, 5.41) is 6.71. The molecular weight excluding hydrogens is 391 g/mol. The Labute approximate surface area is 164 Å². The Balaban J connectivity index is 1.82. The fourth-order valence-electron chi connectivity index (χ4n) is 2.86. The summed E-state index contributed by atoms with van der Waals surface area (Å²) in [7, 11) is 0. The normalized spacial score (nSPS) is 11.5. The maximum atomic E-state index is 13.6. The quantitative estimate of drug-likeness (QED) is 0.658. The third-order valence-electron chi connectivity index (χ3n) is 4.29. The molecule has 0 atom stereocenters. The van der Waals surface area contributed by atoms with Crippen molar-refractivity contribution >= 4 is 17.5 Å². The number of amides is 1. The van der Waals surface area contributed by atoms with Gasteiger partial charge in [-0.15, -0.1) is 0 Å². The number of carbonyl (C=O) groups is 1. The van der Waals surface area contributed by atoms with E-state index in [1.54, 1.807) is 0 Å². The van der Waals surface area contributed by atoms with Crippen molar-refractivity contribution in [2.45, 2.75) is 19.5 Å². The second-order valence-corrected chi connectivity index (χ2v) is 6.66. The lowest BCUT2D eigenvalue weighted by Crippen LogP contribution is -2.28. The van der Waals surface area contributed by atoms with Gasteiger partial charge in [0, 0.05) is 11.6 Å². The summed E-state index contributed by atoms with van der Waals surface area (Å²) < 4.78 is 41.6. The highest BCUT2D eigenvalue weighted by molar-refractivity contribution is 6.30. The molecule has 0 fully saturated rings. The van der Waals surface area contributed by atoms with Crippen LogP contribution in [0.5, 0.6) is 0 Å². The number of nitrogens with zero attached hydrogens (tertiary/aromatic N) is 2. The van der Waals surface area contributed by atoms with Crippen LogP contribution in [0.15, 0.2) is 54.7 Å². The van der Waals surface area contributed by atoms with Gasteiger partial charge in [0.25, 0.3) is 5.91 Å². The lowest BCUT2D eigenvalue weighted by atomic mass is 10.1. The zero-order valence-corrected chi connectivity index (χ0v) is 15.7. The molecule has 3 rings (SSSR count). The molecule has 8 heteroatoms. The molecular formula is C20H17ClF3N3O. The van der Waals surface area contributed by atoms with Crippen LogP contribution in [0.25, 0.3) is 5.69 Å². The molecule has 0 spiro atoms. The molecule has 0 unspecified atom stereocenters. The van der Waals surface area contributed by atoms with Gasteiger partial charge >= 0.3 is 6.18 Å². The largest absolute Gasteiger partial charge is 0.434 e. The van der Waals surface area contributed by atoms with Crippen LogP contribution < -0.4 is 5.32 Å². The minimum atomic E-state index is -4.75. The van der Waals surface area contributed by atoms with Crippen LogP contribution in [0.1, 0.15) is 27.2 Å². The molecule has 0 aliphatic carbocycles. The highest BCUT2D eigenvalue weighted by Gasteiger charge is 2.40. The molecule has 0 radical (unpaired) electrons. The fourth-order valence-corrected chi connectivity index (χ4v) is 2.99. The van der Waals surface area contributed by atoms with Gasteiger partial charge < -0.3 is 5.32 Å². The Bertz CT molecular complexity index is 981. The number of aryl methyl sites for hydroxylation is 1. The molecule has 1 N–H and O–H groups in total. The molecule has 0 saturated carbocycles. The van der Waals surface area contributed by atoms with Gasteiger partial charge in [-0.05, 0) is 48.7 Å². The number of alkyl halides is 3. The smallest absolute Gasteiger partial charge is 0.352 e. The molecule has 28 heavy (non-hydrogen) atoms. The van der Waals surface area contributed by atoms with Gasteiger partial charge in [-0.25, -0.2) is 4.68 Å². The topological polar surface area (TPSA) is 46.9 Å². The van der Waals surface area contributed by atoms with E-state index in [1.807, 2.05) is 31.2 Å². The summed E-state index contributed by atoms with van der Waals surface area (Å²) in [5.74, 6) is -0.818. The number of aromatic nitrogens is 2. The van der Waals surface area contributed by atoms with E-state index >= 15 is 0 Å². The van der Waals surface area contributed by atoms with E-state index in [-0.39, 0.29) is 12.2 Å². The molecule has 0 aliphatic heterocycles. The van der Waals surface area contributed by atoms with Gasteiger partial charge in [-0.2, -0.15) is 18.3 Å². The van der Waals surface area contributed by atoms with E-state index < -0.39 is 23.3 Å². The minimum Gasteiger partial charge on any atom is -0.352 e. The third kappa shape index (κ3) is 4.36. The first-order valence-corrected chi connectivity index (χ1v) is 8.89. The zero-order chi connectivity index (χ0) is 20.3. The summed E-state index contributed by atoms with van der Waals surface area (Å²) >= 11 is 5.79. The van der Waals surface area contributed by atoms with Gasteiger partial charge in [-0.1, -0.05) is 35.9 Å². The van der Waals surface area contributed by atoms with E-state index in [4.69, 9.17) is 11.6 Å². The molecule has 0 saturated heterocycles. The molecule has 3 aromatic rings. The maximum Gasteiger partial charge on any atom is 0.434 e. The summed E-state index contributed by atoms with van der Waals surface area (Å²) in [6.45, 7) is 2.15. The third-order valence-corrected chi connectivity index (χ3v) is 4.55. The Hall–Kier alpha value is -2.80. The summed E-state index contributed by atoms with van der Waals surface area (Å²) in [6, 6.07) is 13.4. The van der Waals surface area contributed by atoms with Crippen molar-refractivity contribution in [3.63, 3.8) is 0 Å². The van der Waals surface area contributed by atoms with Gasteiger partial charge in [-0.3, -0.25) is 4.79 Å². The second kappa shape index (κ2) is 8.06. The molecule has 1 aromatic heterocycles. The summed E-state index contributed by atoms with van der Waals surface area (Å²) in [4.78, 5) is 12.4. The fraction of sp³-hybridized carbons (Fsp3) is 0.200. The van der Waals surface area contributed by atoms with Crippen LogP contribution >= 0.6 is 11.6 Å². The standard InChI is InChI=1S/C20H17ClF3N3O/c1-13-4-2-3-5-14(13)10-11-25-19(28)17-12-26-27(18(17)20(22,23)24)16-8-6-15(21)7-9-16/h2-9,12H,10-11H2,1H3,(H,25,28). The van der Waals surface area contributed by atoms with E-state index in [0.717, 1.165) is 17.3 Å². The number of hydrogen-bond donors (Lipinski definition) is 1. The molecule has 4 nitrogen and oxygen atoms in total. The van der Waals surface area contributed by atoms with Crippen molar-refractivity contribution in [1.82, 2.24) is 15.1 Å². The van der Waals surface area contributed by atoms with Crippen LogP contribution in [-0.4, -0.2) is 22.2 Å². The minimum absolute atomic E-state index is 0.163. The molecule has 146 valence electrons. The van der Waals surface area contributed by atoms with Crippen LogP contribution in [0.4, 0.5) is 13.2 Å². The highest BCUT2D eigenvalue weighted by Crippen LogP contribution is 2.33. The van der Waals surface area contributed by atoms with Crippen molar-refractivity contribution in [1.29, 1.82) is 0 Å². The van der Waals surface area contributed by atoms with Crippen LogP contribution in [-0.2, 0) is 12.6 Å². The SMILES string of the molecule is Cc1ccccc1CCNC(=O)c1cnn(-c2ccc(Cl)cc2)c1C(F)(F)F.